The summed E-state index contributed by atoms with van der Waals surface area (Å²) in [4.78, 5) is 16.8. The van der Waals surface area contributed by atoms with Crippen molar-refractivity contribution < 1.29 is 18.7 Å². The fourth-order valence-corrected chi connectivity index (χ4v) is 3.26. The van der Waals surface area contributed by atoms with Crippen LogP contribution in [-0.2, 0) is 4.79 Å². The van der Waals surface area contributed by atoms with Crippen molar-refractivity contribution in [3.8, 4) is 11.5 Å². The molecule has 0 aliphatic carbocycles. The Morgan fingerprint density at radius 1 is 1.04 bits per heavy atom. The minimum absolute atomic E-state index is 0.0968. The Bertz CT molecular complexity index is 776. The number of benzene rings is 2. The Kier molecular flexibility index (Phi) is 6.16. The summed E-state index contributed by atoms with van der Waals surface area (Å²) in [6, 6.07) is 14.0. The maximum atomic E-state index is 13.8. The Morgan fingerprint density at radius 3 is 2.30 bits per heavy atom. The molecule has 0 bridgehead atoms. The van der Waals surface area contributed by atoms with E-state index >= 15 is 0 Å². The third-order valence-corrected chi connectivity index (χ3v) is 4.77. The average molecular weight is 372 g/mol. The number of para-hydroxylation sites is 3. The molecule has 1 fully saturated rings. The molecule has 0 spiro atoms. The van der Waals surface area contributed by atoms with Gasteiger partial charge in [0, 0.05) is 26.2 Å². The molecule has 1 aliphatic rings. The van der Waals surface area contributed by atoms with E-state index in [1.165, 1.54) is 6.07 Å². The molecule has 1 heterocycles. The summed E-state index contributed by atoms with van der Waals surface area (Å²) in [6.45, 7) is 4.47. The zero-order chi connectivity index (χ0) is 19.2. The van der Waals surface area contributed by atoms with E-state index in [0.29, 0.717) is 32.6 Å². The van der Waals surface area contributed by atoms with Crippen LogP contribution in [0.25, 0.3) is 0 Å². The predicted octanol–water partition coefficient (Wildman–Crippen LogP) is 3.34. The highest BCUT2D eigenvalue weighted by atomic mass is 19.1. The number of hydrogen-bond acceptors (Lipinski definition) is 4. The van der Waals surface area contributed by atoms with Crippen molar-refractivity contribution in [2.75, 3.05) is 38.2 Å². The molecular formula is C21H25FN2O3. The van der Waals surface area contributed by atoms with Crippen LogP contribution < -0.4 is 14.4 Å². The summed E-state index contributed by atoms with van der Waals surface area (Å²) in [6.07, 6.45) is -0.195. The highest BCUT2D eigenvalue weighted by Gasteiger charge is 2.29. The topological polar surface area (TPSA) is 42.0 Å². The van der Waals surface area contributed by atoms with E-state index in [-0.39, 0.29) is 11.7 Å². The zero-order valence-corrected chi connectivity index (χ0v) is 15.7. The van der Waals surface area contributed by atoms with Gasteiger partial charge in [0.1, 0.15) is 5.75 Å². The number of ether oxygens (including phenoxy) is 2. The van der Waals surface area contributed by atoms with Crippen LogP contribution >= 0.6 is 0 Å². The van der Waals surface area contributed by atoms with E-state index in [9.17, 15) is 9.18 Å². The number of methoxy groups -OCH3 is 1. The van der Waals surface area contributed by atoms with Gasteiger partial charge in [-0.2, -0.15) is 0 Å². The fourth-order valence-electron chi connectivity index (χ4n) is 3.26. The number of rotatable bonds is 6. The molecule has 1 amide bonds. The quantitative estimate of drug-likeness (QED) is 0.780. The lowest BCUT2D eigenvalue weighted by atomic mass is 10.2. The minimum Gasteiger partial charge on any atom is -0.495 e. The van der Waals surface area contributed by atoms with E-state index in [4.69, 9.17) is 9.47 Å². The van der Waals surface area contributed by atoms with Crippen LogP contribution in [0.4, 0.5) is 10.1 Å². The van der Waals surface area contributed by atoms with E-state index in [0.717, 1.165) is 11.4 Å². The lowest BCUT2D eigenvalue weighted by Crippen LogP contribution is -2.52. The summed E-state index contributed by atoms with van der Waals surface area (Å²) in [5, 5.41) is 0. The van der Waals surface area contributed by atoms with Gasteiger partial charge in [-0.3, -0.25) is 4.79 Å². The fraction of sp³-hybridized carbons (Fsp3) is 0.381. The second-order valence-corrected chi connectivity index (χ2v) is 6.43. The number of amides is 1. The van der Waals surface area contributed by atoms with Gasteiger partial charge in [-0.1, -0.05) is 31.2 Å². The largest absolute Gasteiger partial charge is 0.495 e. The zero-order valence-electron chi connectivity index (χ0n) is 15.7. The molecule has 3 rings (SSSR count). The molecule has 0 N–H and O–H groups in total. The maximum Gasteiger partial charge on any atom is 0.263 e. The van der Waals surface area contributed by atoms with Gasteiger partial charge in [-0.25, -0.2) is 4.39 Å². The molecule has 27 heavy (non-hydrogen) atoms. The summed E-state index contributed by atoms with van der Waals surface area (Å²) < 4.78 is 24.9. The molecule has 2 aromatic rings. The van der Waals surface area contributed by atoms with E-state index in [1.54, 1.807) is 30.2 Å². The lowest BCUT2D eigenvalue weighted by molar-refractivity contribution is -0.139. The third kappa shape index (κ3) is 4.32. The molecule has 1 aliphatic heterocycles. The van der Waals surface area contributed by atoms with Crippen molar-refractivity contribution in [3.05, 3.63) is 54.3 Å². The molecule has 144 valence electrons. The Morgan fingerprint density at radius 2 is 1.67 bits per heavy atom. The summed E-state index contributed by atoms with van der Waals surface area (Å²) >= 11 is 0. The second kappa shape index (κ2) is 8.75. The van der Waals surface area contributed by atoms with Crippen molar-refractivity contribution in [2.45, 2.75) is 19.4 Å². The summed E-state index contributed by atoms with van der Waals surface area (Å²) in [5.74, 6) is 0.391. The standard InChI is InChI=1S/C21H25FN2O3/c1-3-18(27-19-10-6-4-8-16(19)22)21(25)24-14-12-23(13-15-24)17-9-5-7-11-20(17)26-2/h4-11,18H,3,12-15H2,1-2H3/t18-/m0/s1. The number of anilines is 1. The summed E-state index contributed by atoms with van der Waals surface area (Å²) in [7, 11) is 1.66. The van der Waals surface area contributed by atoms with Crippen molar-refractivity contribution in [1.29, 1.82) is 0 Å². The molecule has 2 aromatic carbocycles. The van der Waals surface area contributed by atoms with Crippen LogP contribution in [0.3, 0.4) is 0 Å². The van der Waals surface area contributed by atoms with Gasteiger partial charge in [-0.15, -0.1) is 0 Å². The Hall–Kier alpha value is -2.76. The summed E-state index contributed by atoms with van der Waals surface area (Å²) in [5.41, 5.74) is 1.03. The SMILES string of the molecule is CC[C@H](Oc1ccccc1F)C(=O)N1CCN(c2ccccc2OC)CC1. The van der Waals surface area contributed by atoms with Gasteiger partial charge in [0.2, 0.25) is 0 Å². The monoisotopic (exact) mass is 372 g/mol. The van der Waals surface area contributed by atoms with Crippen molar-refractivity contribution in [3.63, 3.8) is 0 Å². The number of carbonyl (C=O) groups excluding carboxylic acids is 1. The number of piperazine rings is 1. The first-order valence-corrected chi connectivity index (χ1v) is 9.22. The molecule has 0 radical (unpaired) electrons. The van der Waals surface area contributed by atoms with Gasteiger partial charge in [0.05, 0.1) is 12.8 Å². The number of carbonyl (C=O) groups is 1. The third-order valence-electron chi connectivity index (χ3n) is 4.77. The second-order valence-electron chi connectivity index (χ2n) is 6.43. The normalized spacial score (nSPS) is 15.4. The van der Waals surface area contributed by atoms with Gasteiger partial charge in [0.15, 0.2) is 17.7 Å². The van der Waals surface area contributed by atoms with Crippen molar-refractivity contribution in [2.24, 2.45) is 0 Å². The Labute approximate surface area is 159 Å². The molecule has 6 heteroatoms. The first-order valence-electron chi connectivity index (χ1n) is 9.22. The molecular weight excluding hydrogens is 347 g/mol. The van der Waals surface area contributed by atoms with Crippen LogP contribution in [0.5, 0.6) is 11.5 Å². The Balaban J connectivity index is 1.62. The molecule has 0 aromatic heterocycles. The van der Waals surface area contributed by atoms with Gasteiger partial charge < -0.3 is 19.3 Å². The molecule has 0 saturated carbocycles. The van der Waals surface area contributed by atoms with Crippen LogP contribution in [0, 0.1) is 5.82 Å². The molecule has 1 saturated heterocycles. The van der Waals surface area contributed by atoms with Gasteiger partial charge >= 0.3 is 0 Å². The molecule has 1 atom stereocenters. The van der Waals surface area contributed by atoms with E-state index in [2.05, 4.69) is 4.90 Å². The average Bonchev–Trinajstić information content (AvgIpc) is 2.73. The van der Waals surface area contributed by atoms with Gasteiger partial charge in [-0.05, 0) is 30.7 Å². The predicted molar refractivity (Wildman–Crippen MR) is 103 cm³/mol. The van der Waals surface area contributed by atoms with E-state index < -0.39 is 11.9 Å². The number of nitrogens with zero attached hydrogens (tertiary/aromatic N) is 2. The lowest BCUT2D eigenvalue weighted by Gasteiger charge is -2.37. The van der Waals surface area contributed by atoms with Crippen LogP contribution in [0.15, 0.2) is 48.5 Å². The van der Waals surface area contributed by atoms with Crippen LogP contribution in [0.2, 0.25) is 0 Å². The smallest absolute Gasteiger partial charge is 0.263 e. The first-order chi connectivity index (χ1) is 13.1. The van der Waals surface area contributed by atoms with Gasteiger partial charge in [0.25, 0.3) is 5.91 Å². The van der Waals surface area contributed by atoms with Crippen LogP contribution in [0.1, 0.15) is 13.3 Å². The number of hydrogen-bond donors (Lipinski definition) is 0. The number of halogens is 1. The van der Waals surface area contributed by atoms with E-state index in [1.807, 2.05) is 31.2 Å². The maximum absolute atomic E-state index is 13.8. The molecule has 5 nitrogen and oxygen atoms in total. The van der Waals surface area contributed by atoms with Crippen LogP contribution in [-0.4, -0.2) is 50.2 Å². The van der Waals surface area contributed by atoms with Crippen molar-refractivity contribution >= 4 is 11.6 Å². The highest BCUT2D eigenvalue weighted by molar-refractivity contribution is 5.81. The first kappa shape index (κ1) is 19.0. The van der Waals surface area contributed by atoms with Crippen molar-refractivity contribution in [1.82, 2.24) is 4.90 Å². The highest BCUT2D eigenvalue weighted by Crippen LogP contribution is 2.28. The molecule has 0 unspecified atom stereocenters. The minimum atomic E-state index is -0.681.